The van der Waals surface area contributed by atoms with Crippen molar-refractivity contribution in [2.45, 2.75) is 20.4 Å². The van der Waals surface area contributed by atoms with Crippen molar-refractivity contribution < 1.29 is 13.6 Å². The van der Waals surface area contributed by atoms with Crippen molar-refractivity contribution in [3.8, 4) is 5.69 Å². The normalized spacial score (nSPS) is 10.8. The van der Waals surface area contributed by atoms with Crippen molar-refractivity contribution >= 4 is 5.91 Å². The Kier molecular flexibility index (Phi) is 6.20. The molecule has 156 valence electrons. The molecule has 7 nitrogen and oxygen atoms in total. The van der Waals surface area contributed by atoms with E-state index in [9.17, 15) is 23.2 Å². The zero-order valence-electron chi connectivity index (χ0n) is 16.5. The standard InChI is InChI=1S/C21H20F2N4O3/c1-3-25(4-2)19(28)18-20(29)26(13-14-8-7-9-15(22)12-14)21(30)27(24-18)17-11-6-5-10-16(17)23/h5-12H,3-4,13H2,1-2H3. The lowest BCUT2D eigenvalue weighted by atomic mass is 10.2. The maximum Gasteiger partial charge on any atom is 0.352 e. The molecule has 0 aliphatic heterocycles. The summed E-state index contributed by atoms with van der Waals surface area (Å²) in [6.45, 7) is 3.81. The first-order chi connectivity index (χ1) is 14.4. The molecule has 3 rings (SSSR count). The van der Waals surface area contributed by atoms with Gasteiger partial charge in [0.25, 0.3) is 11.5 Å². The van der Waals surface area contributed by atoms with Gasteiger partial charge in [-0.3, -0.25) is 14.2 Å². The fourth-order valence-electron chi connectivity index (χ4n) is 3.05. The average Bonchev–Trinajstić information content (AvgIpc) is 2.73. The molecule has 0 saturated carbocycles. The molecule has 2 aromatic carbocycles. The molecule has 1 heterocycles. The SMILES string of the molecule is CCN(CC)C(=O)c1nn(-c2ccccc2F)c(=O)n(Cc2cccc(F)c2)c1=O. The first kappa shape index (κ1) is 21.1. The minimum absolute atomic E-state index is 0.205. The monoisotopic (exact) mass is 414 g/mol. The highest BCUT2D eigenvalue weighted by Gasteiger charge is 2.24. The quantitative estimate of drug-likeness (QED) is 0.620. The van der Waals surface area contributed by atoms with Crippen LogP contribution in [0.25, 0.3) is 5.69 Å². The molecule has 9 heteroatoms. The summed E-state index contributed by atoms with van der Waals surface area (Å²) in [4.78, 5) is 40.2. The summed E-state index contributed by atoms with van der Waals surface area (Å²) >= 11 is 0. The predicted octanol–water partition coefficient (Wildman–Crippen LogP) is 2.20. The number of hydrogen-bond donors (Lipinski definition) is 0. The van der Waals surface area contributed by atoms with Gasteiger partial charge in [-0.25, -0.2) is 13.6 Å². The maximum absolute atomic E-state index is 14.4. The van der Waals surface area contributed by atoms with Crippen LogP contribution in [0.2, 0.25) is 0 Å². The van der Waals surface area contributed by atoms with Gasteiger partial charge in [-0.1, -0.05) is 24.3 Å². The van der Waals surface area contributed by atoms with Gasteiger partial charge in [0.1, 0.15) is 17.3 Å². The summed E-state index contributed by atoms with van der Waals surface area (Å²) in [5.74, 6) is -1.96. The van der Waals surface area contributed by atoms with Crippen LogP contribution in [0.5, 0.6) is 0 Å². The largest absolute Gasteiger partial charge is 0.352 e. The summed E-state index contributed by atoms with van der Waals surface area (Å²) in [6, 6.07) is 10.8. The molecule has 0 unspecified atom stereocenters. The molecule has 0 radical (unpaired) electrons. The number of carbonyl (C=O) groups is 1. The third-order valence-corrected chi connectivity index (χ3v) is 4.62. The highest BCUT2D eigenvalue weighted by Crippen LogP contribution is 2.10. The van der Waals surface area contributed by atoms with Gasteiger partial charge in [0.15, 0.2) is 0 Å². The van der Waals surface area contributed by atoms with Crippen LogP contribution in [0.4, 0.5) is 8.78 Å². The van der Waals surface area contributed by atoms with E-state index in [2.05, 4.69) is 5.10 Å². The van der Waals surface area contributed by atoms with Crippen molar-refractivity contribution in [1.82, 2.24) is 19.2 Å². The number of aromatic nitrogens is 3. The predicted molar refractivity (Wildman–Crippen MR) is 107 cm³/mol. The number of benzene rings is 2. The molecule has 0 N–H and O–H groups in total. The molecule has 0 bridgehead atoms. The van der Waals surface area contributed by atoms with Gasteiger partial charge in [-0.2, -0.15) is 9.78 Å². The Morgan fingerprint density at radius 3 is 2.37 bits per heavy atom. The Bertz CT molecular complexity index is 1200. The molecule has 0 spiro atoms. The summed E-state index contributed by atoms with van der Waals surface area (Å²) in [6.07, 6.45) is 0. The molecule has 30 heavy (non-hydrogen) atoms. The van der Waals surface area contributed by atoms with Crippen LogP contribution >= 0.6 is 0 Å². The van der Waals surface area contributed by atoms with E-state index in [4.69, 9.17) is 0 Å². The fourth-order valence-corrected chi connectivity index (χ4v) is 3.05. The molecule has 0 atom stereocenters. The molecule has 0 aliphatic rings. The van der Waals surface area contributed by atoms with E-state index in [-0.39, 0.29) is 12.2 Å². The fraction of sp³-hybridized carbons (Fsp3) is 0.238. The van der Waals surface area contributed by atoms with Gasteiger partial charge >= 0.3 is 5.69 Å². The number of carbonyl (C=O) groups excluding carboxylic acids is 1. The van der Waals surface area contributed by atoms with Crippen molar-refractivity contribution in [1.29, 1.82) is 0 Å². The summed E-state index contributed by atoms with van der Waals surface area (Å²) in [5, 5.41) is 3.91. The summed E-state index contributed by atoms with van der Waals surface area (Å²) in [5.41, 5.74) is -2.25. The number of nitrogens with zero attached hydrogens (tertiary/aromatic N) is 4. The maximum atomic E-state index is 14.4. The Balaban J connectivity index is 2.27. The van der Waals surface area contributed by atoms with Crippen LogP contribution in [0.3, 0.4) is 0 Å². The van der Waals surface area contributed by atoms with Crippen LogP contribution in [0, 0.1) is 11.6 Å². The number of amides is 1. The third kappa shape index (κ3) is 4.05. The van der Waals surface area contributed by atoms with Gasteiger partial charge in [-0.05, 0) is 43.7 Å². The van der Waals surface area contributed by atoms with Crippen molar-refractivity contribution in [2.75, 3.05) is 13.1 Å². The van der Waals surface area contributed by atoms with Crippen molar-refractivity contribution in [3.63, 3.8) is 0 Å². The molecule has 0 fully saturated rings. The first-order valence-electron chi connectivity index (χ1n) is 9.40. The molecular weight excluding hydrogens is 394 g/mol. The lowest BCUT2D eigenvalue weighted by Gasteiger charge is -2.19. The first-order valence-corrected chi connectivity index (χ1v) is 9.40. The van der Waals surface area contributed by atoms with E-state index in [0.717, 1.165) is 10.6 Å². The number of para-hydroxylation sites is 1. The van der Waals surface area contributed by atoms with Crippen LogP contribution in [0.1, 0.15) is 29.9 Å². The van der Waals surface area contributed by atoms with Crippen LogP contribution in [0.15, 0.2) is 58.1 Å². The van der Waals surface area contributed by atoms with Gasteiger partial charge in [0.05, 0.1) is 6.54 Å². The van der Waals surface area contributed by atoms with Gasteiger partial charge in [-0.15, -0.1) is 0 Å². The zero-order valence-corrected chi connectivity index (χ0v) is 16.5. The van der Waals surface area contributed by atoms with E-state index in [1.54, 1.807) is 13.8 Å². The Morgan fingerprint density at radius 2 is 1.73 bits per heavy atom. The minimum atomic E-state index is -0.939. The lowest BCUT2D eigenvalue weighted by Crippen LogP contribution is -2.47. The summed E-state index contributed by atoms with van der Waals surface area (Å²) in [7, 11) is 0. The zero-order chi connectivity index (χ0) is 21.8. The molecule has 1 amide bonds. The highest BCUT2D eigenvalue weighted by atomic mass is 19.1. The van der Waals surface area contributed by atoms with E-state index in [1.165, 1.54) is 47.4 Å². The highest BCUT2D eigenvalue weighted by molar-refractivity contribution is 5.91. The van der Waals surface area contributed by atoms with Crippen molar-refractivity contribution in [3.05, 3.63) is 92.3 Å². The lowest BCUT2D eigenvalue weighted by molar-refractivity contribution is 0.0761. The van der Waals surface area contributed by atoms with Crippen LogP contribution < -0.4 is 11.2 Å². The van der Waals surface area contributed by atoms with Gasteiger partial charge in [0.2, 0.25) is 5.69 Å². The summed E-state index contributed by atoms with van der Waals surface area (Å²) < 4.78 is 29.4. The van der Waals surface area contributed by atoms with Crippen LogP contribution in [-0.4, -0.2) is 38.2 Å². The van der Waals surface area contributed by atoms with E-state index < -0.39 is 34.5 Å². The Morgan fingerprint density at radius 1 is 1.03 bits per heavy atom. The number of halogens is 2. The average molecular weight is 414 g/mol. The third-order valence-electron chi connectivity index (χ3n) is 4.62. The number of rotatable bonds is 6. The minimum Gasteiger partial charge on any atom is -0.338 e. The molecule has 3 aromatic rings. The Labute approximate surface area is 170 Å². The van der Waals surface area contributed by atoms with E-state index in [1.807, 2.05) is 0 Å². The smallest absolute Gasteiger partial charge is 0.338 e. The van der Waals surface area contributed by atoms with Crippen LogP contribution in [-0.2, 0) is 6.54 Å². The number of hydrogen-bond acceptors (Lipinski definition) is 4. The van der Waals surface area contributed by atoms with Gasteiger partial charge in [0, 0.05) is 13.1 Å². The Hall–Kier alpha value is -3.62. The molecule has 0 saturated heterocycles. The second-order valence-corrected chi connectivity index (χ2v) is 6.49. The van der Waals surface area contributed by atoms with Crippen molar-refractivity contribution in [2.24, 2.45) is 0 Å². The molecule has 1 aromatic heterocycles. The second kappa shape index (κ2) is 8.81. The van der Waals surface area contributed by atoms with E-state index >= 15 is 0 Å². The second-order valence-electron chi connectivity index (χ2n) is 6.49. The van der Waals surface area contributed by atoms with Gasteiger partial charge < -0.3 is 4.90 Å². The molecular formula is C21H20F2N4O3. The van der Waals surface area contributed by atoms with E-state index in [0.29, 0.717) is 23.3 Å². The molecule has 0 aliphatic carbocycles. The topological polar surface area (TPSA) is 77.2 Å².